The summed E-state index contributed by atoms with van der Waals surface area (Å²) < 4.78 is 0. The minimum Gasteiger partial charge on any atom is -0.378 e. The second-order valence-electron chi connectivity index (χ2n) is 5.36. The maximum absolute atomic E-state index is 9.44. The molecule has 16 heavy (non-hydrogen) atoms. The lowest BCUT2D eigenvalue weighted by Crippen LogP contribution is -2.15. The van der Waals surface area contributed by atoms with Crippen molar-refractivity contribution in [3.63, 3.8) is 0 Å². The lowest BCUT2D eigenvalue weighted by molar-refractivity contribution is 0.143. The normalized spacial score (nSPS) is 11.9. The zero-order chi connectivity index (χ0) is 12.4. The van der Waals surface area contributed by atoms with Gasteiger partial charge in [-0.3, -0.25) is 0 Å². The fourth-order valence-corrected chi connectivity index (χ4v) is 1.02. The molecule has 0 unspecified atom stereocenters. The molecule has 0 bridgehead atoms. The predicted molar refractivity (Wildman–Crippen MR) is 63.9 cm³/mol. The number of hydrogen-bond donors (Lipinski definition) is 1. The van der Waals surface area contributed by atoms with Gasteiger partial charge in [0.2, 0.25) is 0 Å². The molecule has 0 aromatic carbocycles. The largest absolute Gasteiger partial charge is 0.378 e. The Morgan fingerprint density at radius 1 is 1.06 bits per heavy atom. The molecule has 0 saturated carbocycles. The molecule has 0 aliphatic rings. The molecule has 0 aliphatic carbocycles. The standard InChI is InChI=1S/C13H18N2O/c1-12(2,3)11-7-6-10(14-15-11)8-9-13(4,5)16/h6-7,16H,1-5H3. The summed E-state index contributed by atoms with van der Waals surface area (Å²) >= 11 is 0. The number of rotatable bonds is 0. The van der Waals surface area contributed by atoms with Crippen molar-refractivity contribution in [3.8, 4) is 11.8 Å². The Morgan fingerprint density at radius 2 is 1.69 bits per heavy atom. The van der Waals surface area contributed by atoms with Crippen molar-refractivity contribution in [1.29, 1.82) is 0 Å². The van der Waals surface area contributed by atoms with Gasteiger partial charge < -0.3 is 5.11 Å². The Bertz CT molecular complexity index is 410. The first-order chi connectivity index (χ1) is 7.18. The monoisotopic (exact) mass is 218 g/mol. The van der Waals surface area contributed by atoms with E-state index in [1.54, 1.807) is 13.8 Å². The van der Waals surface area contributed by atoms with Gasteiger partial charge in [-0.25, -0.2) is 0 Å². The van der Waals surface area contributed by atoms with Crippen LogP contribution in [-0.4, -0.2) is 20.9 Å². The van der Waals surface area contributed by atoms with Crippen molar-refractivity contribution < 1.29 is 5.11 Å². The molecule has 0 saturated heterocycles. The van der Waals surface area contributed by atoms with Crippen molar-refractivity contribution in [2.75, 3.05) is 0 Å². The number of hydrogen-bond acceptors (Lipinski definition) is 3. The summed E-state index contributed by atoms with van der Waals surface area (Å²) in [6.07, 6.45) is 0. The number of aliphatic hydroxyl groups is 1. The van der Waals surface area contributed by atoms with E-state index in [1.807, 2.05) is 12.1 Å². The molecule has 0 amide bonds. The van der Waals surface area contributed by atoms with Crippen LogP contribution in [0.25, 0.3) is 0 Å². The molecule has 86 valence electrons. The molecular formula is C13H18N2O. The molecule has 3 nitrogen and oxygen atoms in total. The van der Waals surface area contributed by atoms with Crippen LogP contribution in [0.3, 0.4) is 0 Å². The fourth-order valence-electron chi connectivity index (χ4n) is 1.02. The molecule has 1 heterocycles. The molecule has 0 fully saturated rings. The average Bonchev–Trinajstić information content (AvgIpc) is 2.13. The summed E-state index contributed by atoms with van der Waals surface area (Å²) in [6.45, 7) is 9.52. The lowest BCUT2D eigenvalue weighted by Gasteiger charge is -2.16. The topological polar surface area (TPSA) is 46.0 Å². The van der Waals surface area contributed by atoms with Gasteiger partial charge in [0, 0.05) is 5.41 Å². The van der Waals surface area contributed by atoms with Crippen LogP contribution in [0.4, 0.5) is 0 Å². The Labute approximate surface area is 96.9 Å². The third-order valence-electron chi connectivity index (χ3n) is 1.93. The summed E-state index contributed by atoms with van der Waals surface area (Å²) in [5.41, 5.74) is 0.510. The third kappa shape index (κ3) is 4.00. The maximum atomic E-state index is 9.44. The van der Waals surface area contributed by atoms with Crippen LogP contribution in [-0.2, 0) is 5.41 Å². The van der Waals surface area contributed by atoms with Crippen LogP contribution in [0, 0.1) is 11.8 Å². The van der Waals surface area contributed by atoms with Crippen LogP contribution < -0.4 is 0 Å². The number of aromatic nitrogens is 2. The maximum Gasteiger partial charge on any atom is 0.136 e. The van der Waals surface area contributed by atoms with E-state index >= 15 is 0 Å². The van der Waals surface area contributed by atoms with Crippen molar-refractivity contribution in [2.45, 2.75) is 45.6 Å². The Kier molecular flexibility index (Phi) is 3.35. The van der Waals surface area contributed by atoms with Gasteiger partial charge in [-0.05, 0) is 31.9 Å². The SMILES string of the molecule is CC(C)(O)C#Cc1ccc(C(C)(C)C)nn1. The summed E-state index contributed by atoms with van der Waals surface area (Å²) in [5, 5.41) is 17.6. The van der Waals surface area contributed by atoms with Crippen LogP contribution in [0.5, 0.6) is 0 Å². The second-order valence-corrected chi connectivity index (χ2v) is 5.36. The summed E-state index contributed by atoms with van der Waals surface area (Å²) in [5.74, 6) is 5.49. The van der Waals surface area contributed by atoms with Gasteiger partial charge in [0.15, 0.2) is 0 Å². The Morgan fingerprint density at radius 3 is 2.06 bits per heavy atom. The van der Waals surface area contributed by atoms with Gasteiger partial charge in [-0.2, -0.15) is 5.10 Å². The highest BCUT2D eigenvalue weighted by atomic mass is 16.3. The molecule has 3 heteroatoms. The molecule has 1 aromatic heterocycles. The van der Waals surface area contributed by atoms with Crippen LogP contribution >= 0.6 is 0 Å². The van der Waals surface area contributed by atoms with Gasteiger partial charge in [-0.15, -0.1) is 5.10 Å². The summed E-state index contributed by atoms with van der Waals surface area (Å²) in [6, 6.07) is 3.74. The number of nitrogens with zero attached hydrogens (tertiary/aromatic N) is 2. The highest BCUT2D eigenvalue weighted by molar-refractivity contribution is 5.30. The van der Waals surface area contributed by atoms with Gasteiger partial charge in [0.05, 0.1) is 5.69 Å². The average molecular weight is 218 g/mol. The lowest BCUT2D eigenvalue weighted by atomic mass is 9.92. The van der Waals surface area contributed by atoms with E-state index in [2.05, 4.69) is 42.8 Å². The molecule has 0 atom stereocenters. The predicted octanol–water partition coefficient (Wildman–Crippen LogP) is 1.90. The minimum atomic E-state index is -0.996. The zero-order valence-electron chi connectivity index (χ0n) is 10.5. The zero-order valence-corrected chi connectivity index (χ0v) is 10.5. The van der Waals surface area contributed by atoms with Crippen molar-refractivity contribution in [2.24, 2.45) is 0 Å². The van der Waals surface area contributed by atoms with E-state index in [4.69, 9.17) is 0 Å². The summed E-state index contributed by atoms with van der Waals surface area (Å²) in [7, 11) is 0. The second kappa shape index (κ2) is 4.23. The van der Waals surface area contributed by atoms with Crippen LogP contribution in [0.15, 0.2) is 12.1 Å². The van der Waals surface area contributed by atoms with Gasteiger partial charge in [0.25, 0.3) is 0 Å². The minimum absolute atomic E-state index is 0.00475. The first-order valence-electron chi connectivity index (χ1n) is 5.28. The van der Waals surface area contributed by atoms with Crippen LogP contribution in [0.2, 0.25) is 0 Å². The fraction of sp³-hybridized carbons (Fsp3) is 0.538. The van der Waals surface area contributed by atoms with Gasteiger partial charge in [-0.1, -0.05) is 26.7 Å². The van der Waals surface area contributed by atoms with Crippen LogP contribution in [0.1, 0.15) is 46.0 Å². The van der Waals surface area contributed by atoms with E-state index < -0.39 is 5.60 Å². The van der Waals surface area contributed by atoms with Crippen molar-refractivity contribution >= 4 is 0 Å². The molecule has 1 N–H and O–H groups in total. The van der Waals surface area contributed by atoms with Gasteiger partial charge in [0.1, 0.15) is 11.3 Å². The first kappa shape index (κ1) is 12.7. The highest BCUT2D eigenvalue weighted by Gasteiger charge is 2.15. The molecule has 0 aliphatic heterocycles. The quantitative estimate of drug-likeness (QED) is 0.676. The van der Waals surface area contributed by atoms with E-state index in [0.717, 1.165) is 5.69 Å². The van der Waals surface area contributed by atoms with E-state index in [0.29, 0.717) is 5.69 Å². The Hall–Kier alpha value is -1.40. The highest BCUT2D eigenvalue weighted by Crippen LogP contribution is 2.18. The molecule has 0 spiro atoms. The summed E-state index contributed by atoms with van der Waals surface area (Å²) in [4.78, 5) is 0. The van der Waals surface area contributed by atoms with E-state index in [1.165, 1.54) is 0 Å². The molecule has 1 rings (SSSR count). The Balaban J connectivity index is 2.91. The van der Waals surface area contributed by atoms with E-state index in [-0.39, 0.29) is 5.41 Å². The first-order valence-corrected chi connectivity index (χ1v) is 5.28. The third-order valence-corrected chi connectivity index (χ3v) is 1.93. The smallest absolute Gasteiger partial charge is 0.136 e. The van der Waals surface area contributed by atoms with Crippen molar-refractivity contribution in [3.05, 3.63) is 23.5 Å². The molecule has 1 aromatic rings. The van der Waals surface area contributed by atoms with E-state index in [9.17, 15) is 5.11 Å². The molecular weight excluding hydrogens is 200 g/mol. The molecule has 0 radical (unpaired) electrons. The van der Waals surface area contributed by atoms with Crippen molar-refractivity contribution in [1.82, 2.24) is 10.2 Å². The van der Waals surface area contributed by atoms with Gasteiger partial charge >= 0.3 is 0 Å².